The zero-order valence-corrected chi connectivity index (χ0v) is 22.6. The van der Waals surface area contributed by atoms with Crippen LogP contribution in [0.3, 0.4) is 0 Å². The number of pyridine rings is 1. The van der Waals surface area contributed by atoms with Crippen molar-refractivity contribution in [3.8, 4) is 0 Å². The quantitative estimate of drug-likeness (QED) is 0.254. The summed E-state index contributed by atoms with van der Waals surface area (Å²) < 4.78 is 2.42. The number of rotatable bonds is 6. The summed E-state index contributed by atoms with van der Waals surface area (Å²) in [5.74, 6) is 0. The summed E-state index contributed by atoms with van der Waals surface area (Å²) in [6.45, 7) is 6.31. The first-order valence-corrected chi connectivity index (χ1v) is 12.3. The molecule has 0 amide bonds. The number of halogens is 1. The van der Waals surface area contributed by atoms with Crippen LogP contribution >= 0.6 is 11.8 Å². The number of aromatic nitrogens is 1. The van der Waals surface area contributed by atoms with Crippen LogP contribution in [0.25, 0.3) is 6.08 Å². The number of hydrogen-bond donors (Lipinski definition) is 0. The Bertz CT molecular complexity index is 1260. The summed E-state index contributed by atoms with van der Waals surface area (Å²) in [6, 6.07) is 34.8. The van der Waals surface area contributed by atoms with Crippen molar-refractivity contribution in [2.45, 2.75) is 38.3 Å². The molecule has 2 nitrogen and oxygen atoms in total. The highest BCUT2D eigenvalue weighted by atomic mass is 127. The van der Waals surface area contributed by atoms with Crippen molar-refractivity contribution in [1.29, 1.82) is 0 Å². The van der Waals surface area contributed by atoms with Gasteiger partial charge in [-0.1, -0.05) is 84.6 Å². The van der Waals surface area contributed by atoms with Crippen molar-refractivity contribution in [3.05, 3.63) is 130 Å². The molecule has 0 N–H and O–H groups in total. The third kappa shape index (κ3) is 5.56. The average molecular weight is 577 g/mol. The lowest BCUT2D eigenvalue weighted by atomic mass is 10.1. The molecule has 0 saturated heterocycles. The fourth-order valence-electron chi connectivity index (χ4n) is 4.51. The molecule has 0 bridgehead atoms. The second kappa shape index (κ2) is 11.2. The van der Waals surface area contributed by atoms with Gasteiger partial charge in [-0.3, -0.25) is 0 Å². The second-order valence-corrected chi connectivity index (χ2v) is 9.65. The van der Waals surface area contributed by atoms with Crippen LogP contribution in [-0.4, -0.2) is 0 Å². The van der Waals surface area contributed by atoms with E-state index in [1.54, 1.807) is 0 Å². The van der Waals surface area contributed by atoms with E-state index in [0.717, 1.165) is 19.5 Å². The van der Waals surface area contributed by atoms with Gasteiger partial charge in [0.1, 0.15) is 0 Å². The minimum Gasteiger partial charge on any atom is -1.00 e. The zero-order valence-electron chi connectivity index (χ0n) is 19.6. The number of anilines is 1. The first-order chi connectivity index (χ1) is 16.2. The van der Waals surface area contributed by atoms with Gasteiger partial charge in [-0.2, -0.15) is 4.57 Å². The number of nitrogens with zero attached hydrogens (tertiary/aromatic N) is 2. The Kier molecular flexibility index (Phi) is 8.11. The van der Waals surface area contributed by atoms with E-state index in [1.165, 1.54) is 43.7 Å². The normalized spacial score (nSPS) is 13.6. The molecule has 172 valence electrons. The standard InChI is InChI=1S/C30H29N2S.HI/c1-23-19-27(20-24(2)31(23)18-17-25-11-5-3-6-12-25)21-30-32(22-26-13-7-4-8-14-26)28-15-9-10-16-29(28)33-30;/h3-16,19-21H,17-18,22H2,1-2H3;1H/q+1;/p-1. The van der Waals surface area contributed by atoms with Crippen LogP contribution in [0.4, 0.5) is 5.69 Å². The van der Waals surface area contributed by atoms with Crippen molar-refractivity contribution in [2.75, 3.05) is 4.90 Å². The summed E-state index contributed by atoms with van der Waals surface area (Å²) in [4.78, 5) is 3.76. The Labute approximate surface area is 224 Å². The van der Waals surface area contributed by atoms with Crippen molar-refractivity contribution in [1.82, 2.24) is 0 Å². The Morgan fingerprint density at radius 3 is 2.03 bits per heavy atom. The predicted molar refractivity (Wildman–Crippen MR) is 139 cm³/mol. The second-order valence-electron chi connectivity index (χ2n) is 8.58. The number of benzene rings is 3. The van der Waals surface area contributed by atoms with E-state index >= 15 is 0 Å². The van der Waals surface area contributed by atoms with E-state index in [0.29, 0.717) is 0 Å². The number of para-hydroxylation sites is 1. The molecule has 0 unspecified atom stereocenters. The summed E-state index contributed by atoms with van der Waals surface area (Å²) in [6.07, 6.45) is 3.39. The van der Waals surface area contributed by atoms with Crippen molar-refractivity contribution < 1.29 is 28.5 Å². The molecule has 0 atom stereocenters. The SMILES string of the molecule is Cc1cc(/C=C2\Sc3ccccc3N2Cc2ccccc2)cc(C)[n+]1CCc1ccccc1.[I-]. The van der Waals surface area contributed by atoms with E-state index < -0.39 is 0 Å². The first kappa shape index (κ1) is 24.6. The molecule has 1 aromatic heterocycles. The number of aryl methyl sites for hydroxylation is 3. The molecule has 1 aliphatic rings. The van der Waals surface area contributed by atoms with Gasteiger partial charge >= 0.3 is 0 Å². The van der Waals surface area contributed by atoms with Gasteiger partial charge < -0.3 is 28.9 Å². The largest absolute Gasteiger partial charge is 1.00 e. The van der Waals surface area contributed by atoms with Gasteiger partial charge in [0.05, 0.1) is 10.7 Å². The average Bonchev–Trinajstić information content (AvgIpc) is 3.16. The summed E-state index contributed by atoms with van der Waals surface area (Å²) >= 11 is 1.86. The lowest BCUT2D eigenvalue weighted by molar-refractivity contribution is -0.708. The van der Waals surface area contributed by atoms with Crippen LogP contribution in [0.2, 0.25) is 0 Å². The van der Waals surface area contributed by atoms with Crippen molar-refractivity contribution >= 4 is 23.5 Å². The van der Waals surface area contributed by atoms with E-state index in [9.17, 15) is 0 Å². The Morgan fingerprint density at radius 1 is 0.765 bits per heavy atom. The van der Waals surface area contributed by atoms with Crippen molar-refractivity contribution in [2.24, 2.45) is 0 Å². The highest BCUT2D eigenvalue weighted by molar-refractivity contribution is 8.03. The summed E-state index contributed by atoms with van der Waals surface area (Å²) in [7, 11) is 0. The Hall–Kier alpha value is -2.57. The maximum atomic E-state index is 2.44. The summed E-state index contributed by atoms with van der Waals surface area (Å²) in [5, 5.41) is 1.28. The fourth-order valence-corrected chi connectivity index (χ4v) is 5.63. The molecular formula is C30H29IN2S. The number of hydrogen-bond acceptors (Lipinski definition) is 2. The molecular weight excluding hydrogens is 547 g/mol. The topological polar surface area (TPSA) is 7.12 Å². The minimum absolute atomic E-state index is 0. The van der Waals surface area contributed by atoms with Gasteiger partial charge in [0.15, 0.2) is 17.9 Å². The molecule has 4 heteroatoms. The molecule has 1 aliphatic heterocycles. The molecule has 4 aromatic rings. The van der Waals surface area contributed by atoms with Gasteiger partial charge in [-0.25, -0.2) is 0 Å². The highest BCUT2D eigenvalue weighted by Crippen LogP contribution is 2.47. The third-order valence-corrected chi connectivity index (χ3v) is 7.29. The van der Waals surface area contributed by atoms with Gasteiger partial charge in [0.2, 0.25) is 0 Å². The Morgan fingerprint density at radius 2 is 1.35 bits per heavy atom. The van der Waals surface area contributed by atoms with Gasteiger partial charge in [-0.05, 0) is 34.9 Å². The molecule has 0 aliphatic carbocycles. The molecule has 0 fully saturated rings. The predicted octanol–water partition coefficient (Wildman–Crippen LogP) is 3.95. The minimum atomic E-state index is 0. The molecule has 0 radical (unpaired) electrons. The van der Waals surface area contributed by atoms with Crippen molar-refractivity contribution in [3.63, 3.8) is 0 Å². The van der Waals surface area contributed by atoms with Crippen LogP contribution in [0.1, 0.15) is 28.1 Å². The maximum Gasteiger partial charge on any atom is 0.179 e. The highest BCUT2D eigenvalue weighted by Gasteiger charge is 2.25. The lowest BCUT2D eigenvalue weighted by Gasteiger charge is -2.21. The van der Waals surface area contributed by atoms with Crippen LogP contribution < -0.4 is 33.4 Å². The van der Waals surface area contributed by atoms with Crippen LogP contribution in [0.5, 0.6) is 0 Å². The smallest absolute Gasteiger partial charge is 0.179 e. The first-order valence-electron chi connectivity index (χ1n) is 11.5. The zero-order chi connectivity index (χ0) is 22.6. The monoisotopic (exact) mass is 576 g/mol. The van der Waals surface area contributed by atoms with Gasteiger partial charge in [0, 0.05) is 43.8 Å². The van der Waals surface area contributed by atoms with Crippen LogP contribution in [0.15, 0.2) is 107 Å². The maximum absolute atomic E-state index is 2.44. The molecule has 3 aromatic carbocycles. The van der Waals surface area contributed by atoms with Crippen LogP contribution in [0, 0.1) is 13.8 Å². The number of thioether (sulfide) groups is 1. The van der Waals surface area contributed by atoms with E-state index in [-0.39, 0.29) is 24.0 Å². The van der Waals surface area contributed by atoms with E-state index in [1.807, 2.05) is 11.8 Å². The molecule has 0 spiro atoms. The van der Waals surface area contributed by atoms with E-state index in [2.05, 4.69) is 126 Å². The summed E-state index contributed by atoms with van der Waals surface area (Å²) in [5.41, 5.74) is 7.85. The van der Waals surface area contributed by atoms with E-state index in [4.69, 9.17) is 0 Å². The Balaban J connectivity index is 0.00000274. The number of fused-ring (bicyclic) bond motifs is 1. The fraction of sp³-hybridized carbons (Fsp3) is 0.167. The van der Waals surface area contributed by atoms with Crippen LogP contribution in [-0.2, 0) is 19.5 Å². The van der Waals surface area contributed by atoms with Gasteiger partial charge in [-0.15, -0.1) is 0 Å². The molecule has 34 heavy (non-hydrogen) atoms. The third-order valence-electron chi connectivity index (χ3n) is 6.18. The molecule has 0 saturated carbocycles. The van der Waals surface area contributed by atoms with Gasteiger partial charge in [0.25, 0.3) is 0 Å². The molecule has 5 rings (SSSR count). The molecule has 2 heterocycles. The lowest BCUT2D eigenvalue weighted by Crippen LogP contribution is -3.00.